The van der Waals surface area contributed by atoms with Gasteiger partial charge in [-0.1, -0.05) is 17.7 Å². The van der Waals surface area contributed by atoms with Gasteiger partial charge in [0.1, 0.15) is 5.82 Å². The summed E-state index contributed by atoms with van der Waals surface area (Å²) in [6.45, 7) is 2.36. The SMILES string of the molecule is Cc1ccc(-c2ncccn2)c(C(=O)N2[C@H](CNc3ccc(C(F)(F)F)cn3)CC[C@@H]3C[C@@H]32)c1. The Morgan fingerprint density at radius 3 is 2.62 bits per heavy atom. The van der Waals surface area contributed by atoms with Crippen LogP contribution in [0, 0.1) is 12.8 Å². The van der Waals surface area contributed by atoms with E-state index in [2.05, 4.69) is 20.3 Å². The number of aryl methyl sites for hydroxylation is 1. The van der Waals surface area contributed by atoms with Crippen LogP contribution in [0.3, 0.4) is 0 Å². The minimum atomic E-state index is -4.42. The smallest absolute Gasteiger partial charge is 0.368 e. The van der Waals surface area contributed by atoms with E-state index >= 15 is 0 Å². The van der Waals surface area contributed by atoms with Crippen molar-refractivity contribution in [3.05, 3.63) is 71.7 Å². The Balaban J connectivity index is 1.38. The summed E-state index contributed by atoms with van der Waals surface area (Å²) in [5.74, 6) is 1.29. The number of amides is 1. The number of nitrogens with zero attached hydrogens (tertiary/aromatic N) is 4. The fourth-order valence-electron chi connectivity index (χ4n) is 4.71. The molecule has 2 aromatic heterocycles. The molecule has 176 valence electrons. The van der Waals surface area contributed by atoms with Crippen molar-refractivity contribution in [3.63, 3.8) is 0 Å². The number of nitrogens with one attached hydrogen (secondary N) is 1. The number of carbonyl (C=O) groups is 1. The number of carbonyl (C=O) groups excluding carboxylic acids is 1. The van der Waals surface area contributed by atoms with Crippen LogP contribution in [0.5, 0.6) is 0 Å². The Morgan fingerprint density at radius 2 is 1.91 bits per heavy atom. The molecule has 1 saturated heterocycles. The van der Waals surface area contributed by atoms with Crippen molar-refractivity contribution in [1.82, 2.24) is 19.9 Å². The lowest BCUT2D eigenvalue weighted by molar-refractivity contribution is -0.137. The zero-order chi connectivity index (χ0) is 23.9. The summed E-state index contributed by atoms with van der Waals surface area (Å²) in [4.78, 5) is 28.4. The van der Waals surface area contributed by atoms with Crippen LogP contribution in [-0.4, -0.2) is 44.4 Å². The van der Waals surface area contributed by atoms with E-state index in [0.717, 1.165) is 37.1 Å². The molecule has 1 aliphatic heterocycles. The molecule has 3 atom stereocenters. The van der Waals surface area contributed by atoms with E-state index in [1.165, 1.54) is 6.07 Å². The van der Waals surface area contributed by atoms with Gasteiger partial charge >= 0.3 is 6.18 Å². The Bertz CT molecular complexity index is 1180. The van der Waals surface area contributed by atoms with Gasteiger partial charge < -0.3 is 10.2 Å². The lowest BCUT2D eigenvalue weighted by Gasteiger charge is -2.36. The highest BCUT2D eigenvalue weighted by Gasteiger charge is 2.50. The summed E-state index contributed by atoms with van der Waals surface area (Å²) >= 11 is 0. The predicted octanol–water partition coefficient (Wildman–Crippen LogP) is 4.97. The highest BCUT2D eigenvalue weighted by atomic mass is 19.4. The number of rotatable bonds is 5. The second-order valence-electron chi connectivity index (χ2n) is 8.94. The van der Waals surface area contributed by atoms with Gasteiger partial charge in [0.25, 0.3) is 5.91 Å². The topological polar surface area (TPSA) is 71.0 Å². The van der Waals surface area contributed by atoms with Gasteiger partial charge in [-0.15, -0.1) is 0 Å². The van der Waals surface area contributed by atoms with E-state index in [1.807, 2.05) is 30.0 Å². The van der Waals surface area contributed by atoms with E-state index in [0.29, 0.717) is 35.2 Å². The molecule has 1 amide bonds. The second-order valence-corrected chi connectivity index (χ2v) is 8.94. The van der Waals surface area contributed by atoms with Crippen LogP contribution in [0.2, 0.25) is 0 Å². The first-order chi connectivity index (χ1) is 16.3. The predicted molar refractivity (Wildman–Crippen MR) is 121 cm³/mol. The Kier molecular flexibility index (Phi) is 5.71. The molecule has 9 heteroatoms. The third-order valence-electron chi connectivity index (χ3n) is 6.56. The summed E-state index contributed by atoms with van der Waals surface area (Å²) < 4.78 is 38.4. The van der Waals surface area contributed by atoms with E-state index in [9.17, 15) is 18.0 Å². The Hall–Kier alpha value is -3.49. The number of anilines is 1. The molecule has 0 radical (unpaired) electrons. The molecule has 5 rings (SSSR count). The first kappa shape index (κ1) is 22.3. The zero-order valence-electron chi connectivity index (χ0n) is 18.6. The maximum absolute atomic E-state index is 13.9. The number of pyridine rings is 1. The number of halogens is 3. The number of likely N-dealkylation sites (tertiary alicyclic amines) is 1. The molecule has 0 spiro atoms. The largest absolute Gasteiger partial charge is 0.417 e. The lowest BCUT2D eigenvalue weighted by Crippen LogP contribution is -2.48. The molecule has 3 heterocycles. The summed E-state index contributed by atoms with van der Waals surface area (Å²) in [5.41, 5.74) is 1.44. The zero-order valence-corrected chi connectivity index (χ0v) is 18.6. The number of benzene rings is 1. The third kappa shape index (κ3) is 4.47. The number of fused-ring (bicyclic) bond motifs is 1. The average Bonchev–Trinajstić information content (AvgIpc) is 3.62. The minimum Gasteiger partial charge on any atom is -0.368 e. The maximum Gasteiger partial charge on any atom is 0.417 e. The molecule has 1 N–H and O–H groups in total. The number of hydrogen-bond acceptors (Lipinski definition) is 5. The molecule has 1 aromatic carbocycles. The van der Waals surface area contributed by atoms with Crippen LogP contribution in [-0.2, 0) is 6.18 Å². The second kappa shape index (κ2) is 8.70. The molecule has 3 aromatic rings. The Morgan fingerprint density at radius 1 is 1.12 bits per heavy atom. The summed E-state index contributed by atoms with van der Waals surface area (Å²) in [7, 11) is 0. The lowest BCUT2D eigenvalue weighted by atomic mass is 9.97. The Labute approximate surface area is 195 Å². The average molecular weight is 467 g/mol. The fraction of sp³-hybridized carbons (Fsp3) is 0.360. The van der Waals surface area contributed by atoms with Crippen LogP contribution >= 0.6 is 0 Å². The standard InChI is InChI=1S/C25H24F3N5O/c1-15-3-7-19(23-29-9-2-10-30-23)20(11-15)24(34)33-18(6-4-16-12-21(16)33)14-32-22-8-5-17(13-31-22)25(26,27)28/h2-3,5,7-11,13,16,18,21H,4,6,12,14H2,1H3,(H,31,32)/t16-,18+,21+/m1/s1. The van der Waals surface area contributed by atoms with Crippen molar-refractivity contribution in [3.8, 4) is 11.4 Å². The van der Waals surface area contributed by atoms with Gasteiger partial charge in [0, 0.05) is 42.8 Å². The van der Waals surface area contributed by atoms with E-state index in [-0.39, 0.29) is 18.0 Å². The number of hydrogen-bond donors (Lipinski definition) is 1. The molecule has 1 saturated carbocycles. The van der Waals surface area contributed by atoms with E-state index < -0.39 is 11.7 Å². The van der Waals surface area contributed by atoms with Crippen LogP contribution in [0.4, 0.5) is 19.0 Å². The van der Waals surface area contributed by atoms with Gasteiger partial charge in [-0.05, 0) is 56.4 Å². The molecule has 2 fully saturated rings. The first-order valence-corrected chi connectivity index (χ1v) is 11.3. The quantitative estimate of drug-likeness (QED) is 0.574. The van der Waals surface area contributed by atoms with E-state index in [1.54, 1.807) is 18.5 Å². The van der Waals surface area contributed by atoms with Crippen molar-refractivity contribution >= 4 is 11.7 Å². The number of piperidine rings is 1. The fourth-order valence-corrected chi connectivity index (χ4v) is 4.71. The van der Waals surface area contributed by atoms with Gasteiger partial charge in [0.05, 0.1) is 11.1 Å². The molecule has 2 aliphatic rings. The van der Waals surface area contributed by atoms with Crippen molar-refractivity contribution in [1.29, 1.82) is 0 Å². The van der Waals surface area contributed by atoms with Gasteiger partial charge in [0.15, 0.2) is 5.82 Å². The van der Waals surface area contributed by atoms with Crippen LogP contribution in [0.25, 0.3) is 11.4 Å². The van der Waals surface area contributed by atoms with Crippen LogP contribution < -0.4 is 5.32 Å². The molecule has 1 aliphatic carbocycles. The van der Waals surface area contributed by atoms with Crippen molar-refractivity contribution < 1.29 is 18.0 Å². The summed E-state index contributed by atoms with van der Waals surface area (Å²) in [6.07, 6.45) is 2.53. The molecule has 0 unspecified atom stereocenters. The monoisotopic (exact) mass is 467 g/mol. The van der Waals surface area contributed by atoms with Gasteiger partial charge in [-0.2, -0.15) is 13.2 Å². The molecule has 0 bridgehead atoms. The van der Waals surface area contributed by atoms with Crippen molar-refractivity contribution in [2.45, 2.75) is 44.4 Å². The van der Waals surface area contributed by atoms with Gasteiger partial charge in [-0.25, -0.2) is 15.0 Å². The highest BCUT2D eigenvalue weighted by molar-refractivity contribution is 6.01. The number of alkyl halides is 3. The molecular formula is C25H24F3N5O. The van der Waals surface area contributed by atoms with Crippen LogP contribution in [0.1, 0.15) is 40.7 Å². The molecular weight excluding hydrogens is 443 g/mol. The highest BCUT2D eigenvalue weighted by Crippen LogP contribution is 2.46. The van der Waals surface area contributed by atoms with Crippen molar-refractivity contribution in [2.75, 3.05) is 11.9 Å². The minimum absolute atomic E-state index is 0.0643. The van der Waals surface area contributed by atoms with Crippen LogP contribution in [0.15, 0.2) is 55.0 Å². The number of aromatic nitrogens is 3. The normalized spacial score (nSPS) is 21.6. The van der Waals surface area contributed by atoms with Gasteiger partial charge in [0.2, 0.25) is 0 Å². The summed E-state index contributed by atoms with van der Waals surface area (Å²) in [5, 5.41) is 3.13. The van der Waals surface area contributed by atoms with E-state index in [4.69, 9.17) is 0 Å². The third-order valence-corrected chi connectivity index (χ3v) is 6.56. The maximum atomic E-state index is 13.9. The summed E-state index contributed by atoms with van der Waals surface area (Å²) in [6, 6.07) is 9.85. The van der Waals surface area contributed by atoms with Gasteiger partial charge in [-0.3, -0.25) is 4.79 Å². The first-order valence-electron chi connectivity index (χ1n) is 11.3. The van der Waals surface area contributed by atoms with Crippen molar-refractivity contribution in [2.24, 2.45) is 5.92 Å². The molecule has 6 nitrogen and oxygen atoms in total. The molecule has 34 heavy (non-hydrogen) atoms.